The SMILES string of the molecule is CC(=O)OCCN(CCOC(C)=O)c1ccc(C=NNC(N)=O)cc1. The molecule has 9 heteroatoms. The molecule has 0 aliphatic heterocycles. The second-order valence-corrected chi connectivity index (χ2v) is 4.99. The van der Waals surface area contributed by atoms with Gasteiger partial charge in [-0.05, 0) is 17.7 Å². The van der Waals surface area contributed by atoms with E-state index < -0.39 is 6.03 Å². The molecule has 0 heterocycles. The van der Waals surface area contributed by atoms with Gasteiger partial charge in [0.2, 0.25) is 0 Å². The fourth-order valence-corrected chi connectivity index (χ4v) is 1.91. The summed E-state index contributed by atoms with van der Waals surface area (Å²) in [6.45, 7) is 4.05. The number of hydrazone groups is 1. The Morgan fingerprint density at radius 3 is 2.04 bits per heavy atom. The van der Waals surface area contributed by atoms with Crippen molar-refractivity contribution in [1.82, 2.24) is 5.43 Å². The fraction of sp³-hybridized carbons (Fsp3) is 0.375. The quantitative estimate of drug-likeness (QED) is 0.382. The summed E-state index contributed by atoms with van der Waals surface area (Å²) in [7, 11) is 0. The van der Waals surface area contributed by atoms with Crippen molar-refractivity contribution in [2.24, 2.45) is 10.8 Å². The highest BCUT2D eigenvalue weighted by molar-refractivity contribution is 5.82. The molecule has 0 aromatic heterocycles. The summed E-state index contributed by atoms with van der Waals surface area (Å²) in [6, 6.07) is 6.54. The van der Waals surface area contributed by atoms with Gasteiger partial charge in [-0.15, -0.1) is 0 Å². The number of ether oxygens (including phenoxy) is 2. The highest BCUT2D eigenvalue weighted by atomic mass is 16.5. The minimum Gasteiger partial charge on any atom is -0.464 e. The van der Waals surface area contributed by atoms with E-state index >= 15 is 0 Å². The van der Waals surface area contributed by atoms with E-state index in [0.29, 0.717) is 13.1 Å². The summed E-state index contributed by atoms with van der Waals surface area (Å²) in [6.07, 6.45) is 1.45. The van der Waals surface area contributed by atoms with Crippen molar-refractivity contribution >= 4 is 29.9 Å². The first kappa shape index (κ1) is 19.9. The Morgan fingerprint density at radius 2 is 1.60 bits per heavy atom. The molecule has 136 valence electrons. The van der Waals surface area contributed by atoms with Crippen LogP contribution in [0.2, 0.25) is 0 Å². The van der Waals surface area contributed by atoms with Crippen LogP contribution in [0.4, 0.5) is 10.5 Å². The summed E-state index contributed by atoms with van der Waals surface area (Å²) in [5.74, 6) is -0.707. The smallest absolute Gasteiger partial charge is 0.332 e. The number of primary amides is 1. The molecule has 2 amide bonds. The monoisotopic (exact) mass is 350 g/mol. The highest BCUT2D eigenvalue weighted by Crippen LogP contribution is 2.14. The van der Waals surface area contributed by atoms with Gasteiger partial charge in [0.15, 0.2) is 0 Å². The second-order valence-electron chi connectivity index (χ2n) is 4.99. The van der Waals surface area contributed by atoms with Gasteiger partial charge in [-0.2, -0.15) is 5.10 Å². The molecule has 0 aliphatic rings. The Labute approximate surface area is 145 Å². The lowest BCUT2D eigenvalue weighted by molar-refractivity contribution is -0.141. The number of urea groups is 1. The molecule has 0 fully saturated rings. The third-order valence-electron chi connectivity index (χ3n) is 2.98. The molecule has 0 bridgehead atoms. The standard InChI is InChI=1S/C16H22N4O5/c1-12(21)24-9-7-20(8-10-25-13(2)22)15-5-3-14(4-6-15)11-18-19-16(17)23/h3-6,11H,7-10H2,1-2H3,(H3,17,19,23). The van der Waals surface area contributed by atoms with E-state index in [1.807, 2.05) is 17.0 Å². The molecular formula is C16H22N4O5. The van der Waals surface area contributed by atoms with Crippen molar-refractivity contribution in [3.05, 3.63) is 29.8 Å². The van der Waals surface area contributed by atoms with Gasteiger partial charge in [-0.25, -0.2) is 10.2 Å². The van der Waals surface area contributed by atoms with Gasteiger partial charge in [-0.3, -0.25) is 9.59 Å². The normalized spacial score (nSPS) is 10.3. The van der Waals surface area contributed by atoms with Gasteiger partial charge >= 0.3 is 18.0 Å². The molecule has 9 nitrogen and oxygen atoms in total. The minimum absolute atomic E-state index is 0.223. The molecule has 25 heavy (non-hydrogen) atoms. The summed E-state index contributed by atoms with van der Waals surface area (Å²) in [4.78, 5) is 34.3. The molecule has 1 aromatic carbocycles. The maximum atomic E-state index is 10.9. The van der Waals surface area contributed by atoms with Gasteiger partial charge < -0.3 is 20.1 Å². The van der Waals surface area contributed by atoms with Crippen molar-refractivity contribution in [3.8, 4) is 0 Å². The largest absolute Gasteiger partial charge is 0.464 e. The van der Waals surface area contributed by atoms with E-state index in [1.165, 1.54) is 20.1 Å². The number of rotatable bonds is 9. The number of carbonyl (C=O) groups excluding carboxylic acids is 3. The van der Waals surface area contributed by atoms with E-state index in [9.17, 15) is 14.4 Å². The predicted octanol–water partition coefficient (Wildman–Crippen LogP) is 0.621. The van der Waals surface area contributed by atoms with Crippen LogP contribution in [-0.4, -0.2) is 50.5 Å². The van der Waals surface area contributed by atoms with Crippen LogP contribution < -0.4 is 16.1 Å². The average molecular weight is 350 g/mol. The highest BCUT2D eigenvalue weighted by Gasteiger charge is 2.08. The molecular weight excluding hydrogens is 328 g/mol. The number of hydrogen-bond donors (Lipinski definition) is 2. The summed E-state index contributed by atoms with van der Waals surface area (Å²) in [5.41, 5.74) is 8.65. The number of esters is 2. The maximum absolute atomic E-state index is 10.9. The lowest BCUT2D eigenvalue weighted by atomic mass is 10.2. The zero-order valence-corrected chi connectivity index (χ0v) is 14.2. The predicted molar refractivity (Wildman–Crippen MR) is 92.2 cm³/mol. The number of nitrogens with one attached hydrogen (secondary N) is 1. The average Bonchev–Trinajstić information content (AvgIpc) is 2.53. The number of hydrogen-bond acceptors (Lipinski definition) is 7. The van der Waals surface area contributed by atoms with Crippen molar-refractivity contribution in [1.29, 1.82) is 0 Å². The van der Waals surface area contributed by atoms with Crippen LogP contribution in [0, 0.1) is 0 Å². The molecule has 0 saturated heterocycles. The van der Waals surface area contributed by atoms with E-state index in [4.69, 9.17) is 15.2 Å². The number of amides is 2. The van der Waals surface area contributed by atoms with E-state index in [1.54, 1.807) is 12.1 Å². The molecule has 0 atom stereocenters. The van der Waals surface area contributed by atoms with Crippen molar-refractivity contribution < 1.29 is 23.9 Å². The Kier molecular flexibility index (Phi) is 8.48. The lowest BCUT2D eigenvalue weighted by Crippen LogP contribution is -2.31. The van der Waals surface area contributed by atoms with E-state index in [-0.39, 0.29) is 25.2 Å². The summed E-state index contributed by atoms with van der Waals surface area (Å²) in [5, 5.41) is 3.68. The zero-order valence-electron chi connectivity index (χ0n) is 14.2. The number of anilines is 1. The number of nitrogens with two attached hydrogens (primary N) is 1. The number of carbonyl (C=O) groups is 3. The van der Waals surface area contributed by atoms with Crippen LogP contribution in [0.25, 0.3) is 0 Å². The van der Waals surface area contributed by atoms with Gasteiger partial charge in [0.05, 0.1) is 19.3 Å². The van der Waals surface area contributed by atoms with Crippen LogP contribution in [0.15, 0.2) is 29.4 Å². The molecule has 0 saturated carbocycles. The Balaban J connectivity index is 2.70. The van der Waals surface area contributed by atoms with Gasteiger partial charge in [0.1, 0.15) is 13.2 Å². The molecule has 0 spiro atoms. The van der Waals surface area contributed by atoms with Crippen molar-refractivity contribution in [2.75, 3.05) is 31.2 Å². The molecule has 3 N–H and O–H groups in total. The first-order valence-corrected chi connectivity index (χ1v) is 7.58. The Hall–Kier alpha value is -3.10. The van der Waals surface area contributed by atoms with Gasteiger partial charge in [-0.1, -0.05) is 12.1 Å². The third kappa shape index (κ3) is 8.94. The van der Waals surface area contributed by atoms with Gasteiger partial charge in [0.25, 0.3) is 0 Å². The minimum atomic E-state index is -0.741. The molecule has 0 unspecified atom stereocenters. The summed E-state index contributed by atoms with van der Waals surface area (Å²) >= 11 is 0. The van der Waals surface area contributed by atoms with Crippen LogP contribution in [-0.2, 0) is 19.1 Å². The van der Waals surface area contributed by atoms with Crippen molar-refractivity contribution in [3.63, 3.8) is 0 Å². The lowest BCUT2D eigenvalue weighted by Gasteiger charge is -2.24. The Morgan fingerprint density at radius 1 is 1.08 bits per heavy atom. The zero-order chi connectivity index (χ0) is 18.7. The molecule has 1 rings (SSSR count). The van der Waals surface area contributed by atoms with Crippen LogP contribution in [0.3, 0.4) is 0 Å². The first-order valence-electron chi connectivity index (χ1n) is 7.58. The third-order valence-corrected chi connectivity index (χ3v) is 2.98. The van der Waals surface area contributed by atoms with Crippen LogP contribution in [0.5, 0.6) is 0 Å². The number of benzene rings is 1. The maximum Gasteiger partial charge on any atom is 0.332 e. The van der Waals surface area contributed by atoms with E-state index in [0.717, 1.165) is 11.3 Å². The fourth-order valence-electron chi connectivity index (χ4n) is 1.91. The van der Waals surface area contributed by atoms with Crippen molar-refractivity contribution in [2.45, 2.75) is 13.8 Å². The molecule has 0 radical (unpaired) electrons. The Bertz CT molecular complexity index is 595. The topological polar surface area (TPSA) is 123 Å². The first-order chi connectivity index (χ1) is 11.9. The van der Waals surface area contributed by atoms with Gasteiger partial charge in [0, 0.05) is 19.5 Å². The number of nitrogens with zero attached hydrogens (tertiary/aromatic N) is 2. The van der Waals surface area contributed by atoms with E-state index in [2.05, 4.69) is 10.5 Å². The summed E-state index contributed by atoms with van der Waals surface area (Å²) < 4.78 is 9.92. The molecule has 0 aliphatic carbocycles. The van der Waals surface area contributed by atoms with Crippen LogP contribution >= 0.6 is 0 Å². The second kappa shape index (κ2) is 10.6. The van der Waals surface area contributed by atoms with Crippen LogP contribution in [0.1, 0.15) is 19.4 Å². The molecule has 1 aromatic rings.